The number of hydrogen-bond donors (Lipinski definition) is 0. The molecule has 17 aromatic rings. The van der Waals surface area contributed by atoms with Gasteiger partial charge in [0.15, 0.2) is 0 Å². The normalized spacial score (nSPS) is 15.0. The molecule has 0 spiro atoms. The Morgan fingerprint density at radius 3 is 0.806 bits per heavy atom. The molecule has 0 amide bonds. The van der Waals surface area contributed by atoms with Gasteiger partial charge in [0, 0.05) is 55.8 Å². The van der Waals surface area contributed by atoms with E-state index in [2.05, 4.69) is 381 Å². The van der Waals surface area contributed by atoms with Crippen LogP contribution < -0.4 is 9.80 Å². The summed E-state index contributed by atoms with van der Waals surface area (Å²) in [5.74, 6) is 0. The smallest absolute Gasteiger partial charge is 0.0468 e. The third-order valence-electron chi connectivity index (χ3n) is 26.5. The zero-order valence-electron chi connectivity index (χ0n) is 61.9. The van der Waals surface area contributed by atoms with Crippen molar-refractivity contribution in [3.63, 3.8) is 0 Å². The van der Waals surface area contributed by atoms with Crippen LogP contribution >= 0.6 is 0 Å². The summed E-state index contributed by atoms with van der Waals surface area (Å²) in [5, 5.41) is 9.88. The van der Waals surface area contributed by atoms with E-state index < -0.39 is 0 Å². The van der Waals surface area contributed by atoms with Crippen LogP contribution in [0.3, 0.4) is 0 Å². The van der Waals surface area contributed by atoms with Crippen LogP contribution in [0, 0.1) is 0 Å². The summed E-state index contributed by atoms with van der Waals surface area (Å²) in [6.45, 7) is 19.4. The molecule has 0 aliphatic heterocycles. The van der Waals surface area contributed by atoms with Crippen molar-refractivity contribution in [2.45, 2.75) is 77.0 Å². The molecule has 0 fully saturated rings. The molecule has 0 saturated heterocycles. The molecule has 108 heavy (non-hydrogen) atoms. The van der Waals surface area contributed by atoms with Crippen LogP contribution in [0.4, 0.5) is 34.1 Å². The second-order valence-electron chi connectivity index (χ2n) is 33.4. The topological polar surface area (TPSA) is 6.48 Å². The summed E-state index contributed by atoms with van der Waals surface area (Å²) < 4.78 is 0. The Kier molecular flexibility index (Phi) is 12.3. The minimum absolute atomic E-state index is 0.108. The SMILES string of the molecule is CC1(C)c2ccccc2-c2cc3c(cc21)-c1ccc(N(c2ccccc2)c2ccc4c(-c5ccc6c7c(cccc57)-c5ccccc5-6)c5cc(N(c6ccccc6)c6ccc7c(c6)C(C)(C)c6cc8c(cc6-7)C(C)(C)c6ccccc6-8)ccc5c(-c5ccc6c7c(cccc57)-c5ccccc5-6)c4c2)cc1C3(C)C. The van der Waals surface area contributed by atoms with E-state index >= 15 is 0 Å². The number of hydrogen-bond acceptors (Lipinski definition) is 2. The fourth-order valence-electron chi connectivity index (χ4n) is 21.3. The van der Waals surface area contributed by atoms with E-state index in [4.69, 9.17) is 0 Å². The molecule has 6 aliphatic rings. The monoisotopic (exact) mass is 1380 g/mol. The van der Waals surface area contributed by atoms with E-state index in [1.807, 2.05) is 0 Å². The minimum Gasteiger partial charge on any atom is -0.310 e. The first kappa shape index (κ1) is 61.7. The molecular formula is C106H76N2. The highest BCUT2D eigenvalue weighted by Crippen LogP contribution is 2.62. The Hall–Kier alpha value is -12.6. The van der Waals surface area contributed by atoms with Gasteiger partial charge in [0.25, 0.3) is 0 Å². The van der Waals surface area contributed by atoms with Gasteiger partial charge in [-0.05, 0) is 296 Å². The number of fused-ring (bicyclic) bond motifs is 20. The van der Waals surface area contributed by atoms with E-state index in [1.54, 1.807) is 0 Å². The Bertz CT molecular complexity index is 6440. The highest BCUT2D eigenvalue weighted by atomic mass is 15.1. The van der Waals surface area contributed by atoms with Crippen molar-refractivity contribution in [1.82, 2.24) is 0 Å². The molecule has 0 unspecified atom stereocenters. The van der Waals surface area contributed by atoms with Gasteiger partial charge in [-0.15, -0.1) is 0 Å². The number of benzene rings is 17. The van der Waals surface area contributed by atoms with Gasteiger partial charge in [-0.3, -0.25) is 0 Å². The Balaban J connectivity index is 0.781. The molecule has 23 rings (SSSR count). The molecule has 2 nitrogen and oxygen atoms in total. The Morgan fingerprint density at radius 1 is 0.157 bits per heavy atom. The van der Waals surface area contributed by atoms with Crippen LogP contribution in [0.5, 0.6) is 0 Å². The average Bonchev–Trinajstić information content (AvgIpc) is 1.63. The lowest BCUT2D eigenvalue weighted by atomic mass is 9.79. The molecule has 0 atom stereocenters. The van der Waals surface area contributed by atoms with Crippen LogP contribution in [-0.2, 0) is 21.7 Å². The third-order valence-corrected chi connectivity index (χ3v) is 26.5. The van der Waals surface area contributed by atoms with Crippen LogP contribution in [0.15, 0.2) is 315 Å². The van der Waals surface area contributed by atoms with Gasteiger partial charge in [-0.2, -0.15) is 0 Å². The zero-order chi connectivity index (χ0) is 72.2. The molecule has 17 aromatic carbocycles. The fraction of sp³-hybridized carbons (Fsp3) is 0.113. The van der Waals surface area contributed by atoms with Crippen LogP contribution in [-0.4, -0.2) is 0 Å². The largest absolute Gasteiger partial charge is 0.310 e. The lowest BCUT2D eigenvalue weighted by Gasteiger charge is -2.30. The first-order valence-electron chi connectivity index (χ1n) is 38.5. The van der Waals surface area contributed by atoms with Crippen LogP contribution in [0.25, 0.3) is 154 Å². The van der Waals surface area contributed by atoms with Gasteiger partial charge < -0.3 is 9.80 Å². The summed E-state index contributed by atoms with van der Waals surface area (Å²) in [6.07, 6.45) is 0. The van der Waals surface area contributed by atoms with Gasteiger partial charge in [0.05, 0.1) is 0 Å². The van der Waals surface area contributed by atoms with Crippen molar-refractivity contribution in [3.05, 3.63) is 360 Å². The van der Waals surface area contributed by atoms with Gasteiger partial charge in [-0.1, -0.05) is 274 Å². The van der Waals surface area contributed by atoms with Crippen molar-refractivity contribution in [2.24, 2.45) is 0 Å². The second-order valence-corrected chi connectivity index (χ2v) is 33.4. The van der Waals surface area contributed by atoms with E-state index in [9.17, 15) is 0 Å². The first-order chi connectivity index (χ1) is 52.6. The molecule has 0 radical (unpaired) electrons. The molecule has 510 valence electrons. The maximum Gasteiger partial charge on any atom is 0.0468 e. The average molecular weight is 1380 g/mol. The number of nitrogens with zero attached hydrogens (tertiary/aromatic N) is 2. The molecule has 0 saturated carbocycles. The summed E-state index contributed by atoms with van der Waals surface area (Å²) in [6, 6.07) is 122. The molecular weight excluding hydrogens is 1300 g/mol. The third kappa shape index (κ3) is 8.11. The lowest BCUT2D eigenvalue weighted by molar-refractivity contribution is 0.652. The van der Waals surface area contributed by atoms with Gasteiger partial charge in [-0.25, -0.2) is 0 Å². The van der Waals surface area contributed by atoms with Crippen LogP contribution in [0.1, 0.15) is 99.9 Å². The highest BCUT2D eigenvalue weighted by Gasteiger charge is 2.45. The molecule has 0 heterocycles. The van der Waals surface area contributed by atoms with E-state index in [0.717, 1.165) is 34.1 Å². The molecule has 0 aromatic heterocycles. The van der Waals surface area contributed by atoms with E-state index in [-0.39, 0.29) is 21.7 Å². The minimum atomic E-state index is -0.274. The Morgan fingerprint density at radius 2 is 0.426 bits per heavy atom. The van der Waals surface area contributed by atoms with E-state index in [1.165, 1.54) is 199 Å². The number of anilines is 6. The van der Waals surface area contributed by atoms with Gasteiger partial charge in [0.1, 0.15) is 0 Å². The summed E-state index contributed by atoms with van der Waals surface area (Å²) >= 11 is 0. The first-order valence-corrected chi connectivity index (χ1v) is 38.5. The zero-order valence-corrected chi connectivity index (χ0v) is 61.9. The molecule has 6 aliphatic carbocycles. The number of para-hydroxylation sites is 2. The van der Waals surface area contributed by atoms with Crippen molar-refractivity contribution in [2.75, 3.05) is 9.80 Å². The fourth-order valence-corrected chi connectivity index (χ4v) is 21.3. The summed E-state index contributed by atoms with van der Waals surface area (Å²) in [4.78, 5) is 5.05. The van der Waals surface area contributed by atoms with Crippen LogP contribution in [0.2, 0.25) is 0 Å². The van der Waals surface area contributed by atoms with Gasteiger partial charge >= 0.3 is 0 Å². The maximum absolute atomic E-state index is 2.55. The molecule has 0 bridgehead atoms. The summed E-state index contributed by atoms with van der Waals surface area (Å²) in [5.41, 5.74) is 42.9. The predicted molar refractivity (Wildman–Crippen MR) is 456 cm³/mol. The van der Waals surface area contributed by atoms with Gasteiger partial charge in [0.2, 0.25) is 0 Å². The Labute approximate surface area is 631 Å². The van der Waals surface area contributed by atoms with Crippen molar-refractivity contribution in [3.8, 4) is 111 Å². The second kappa shape index (κ2) is 21.6. The van der Waals surface area contributed by atoms with Crippen molar-refractivity contribution < 1.29 is 0 Å². The maximum atomic E-state index is 2.55. The van der Waals surface area contributed by atoms with E-state index in [0.29, 0.717) is 0 Å². The van der Waals surface area contributed by atoms with Crippen molar-refractivity contribution >= 4 is 77.2 Å². The van der Waals surface area contributed by atoms with Crippen molar-refractivity contribution in [1.29, 1.82) is 0 Å². The summed E-state index contributed by atoms with van der Waals surface area (Å²) in [7, 11) is 0. The quantitative estimate of drug-likeness (QED) is 0.140. The predicted octanol–water partition coefficient (Wildman–Crippen LogP) is 29.1. The highest BCUT2D eigenvalue weighted by molar-refractivity contribution is 6.30. The standard InChI is InChI=1S/C106H76N2/c1-103(2)91-39-21-19-33-71(91)85-57-97-87(59-95(85)103)73-45-41-65(55-93(73)105(97,5)6)107(61-25-11-9-12-26-61)63-43-47-83-89(53-63)101(81-51-49-79-69-31-17-15-29-67(69)75-35-23-37-77(81)99(75)79)84-48-44-64(54-90(84)102(83)82-52-50-80-70-32-18-16-30-68(70)76-36-24-38-78(82)100(76)80)108(62-27-13-10-14-28-62)66-42-46-74-88-60-96-86(58-98(88)106(7,8)94(74)56-66)72-34-20-22-40-92(72)104(96,3)4/h9-60H,1-8H3. The lowest BCUT2D eigenvalue weighted by Crippen LogP contribution is -2.17. The molecule has 0 N–H and O–H groups in total. The molecule has 2 heteroatoms. The number of rotatable bonds is 8.